The first-order chi connectivity index (χ1) is 9.28. The van der Waals surface area contributed by atoms with Crippen LogP contribution in [-0.2, 0) is 12.8 Å². The molecule has 0 bridgehead atoms. The fourth-order valence-electron chi connectivity index (χ4n) is 3.46. The summed E-state index contributed by atoms with van der Waals surface area (Å²) in [6, 6.07) is 4.72. The van der Waals surface area contributed by atoms with Gasteiger partial charge in [-0.2, -0.15) is 0 Å². The van der Waals surface area contributed by atoms with Crippen LogP contribution in [0.1, 0.15) is 36.8 Å². The van der Waals surface area contributed by atoms with Gasteiger partial charge in [-0.25, -0.2) is 0 Å². The van der Waals surface area contributed by atoms with E-state index in [0.717, 1.165) is 29.7 Å². The molecule has 4 heteroatoms. The smallest absolute Gasteiger partial charge is 0.125 e. The molecular weight excluding hydrogens is 304 g/mol. The molecule has 1 saturated carbocycles. The molecule has 1 atom stereocenters. The molecule has 3 nitrogen and oxygen atoms in total. The third-order valence-corrected chi connectivity index (χ3v) is 4.91. The molecule has 0 aromatic heterocycles. The van der Waals surface area contributed by atoms with E-state index in [1.807, 2.05) is 0 Å². The van der Waals surface area contributed by atoms with Gasteiger partial charge in [0.25, 0.3) is 0 Å². The van der Waals surface area contributed by atoms with Gasteiger partial charge in [-0.15, -0.1) is 0 Å². The number of benzene rings is 1. The summed E-state index contributed by atoms with van der Waals surface area (Å²) in [6.07, 6.45) is 7.26. The van der Waals surface area contributed by atoms with Gasteiger partial charge < -0.3 is 4.74 Å². The van der Waals surface area contributed by atoms with Crippen LogP contribution in [0.15, 0.2) is 16.6 Å². The molecule has 0 spiro atoms. The van der Waals surface area contributed by atoms with E-state index in [-0.39, 0.29) is 0 Å². The maximum absolute atomic E-state index is 5.80. The molecule has 104 valence electrons. The summed E-state index contributed by atoms with van der Waals surface area (Å²) >= 11 is 3.60. The molecule has 1 aromatic carbocycles. The predicted molar refractivity (Wildman–Crippen MR) is 80.1 cm³/mol. The molecule has 19 heavy (non-hydrogen) atoms. The van der Waals surface area contributed by atoms with Crippen molar-refractivity contribution >= 4 is 15.9 Å². The lowest BCUT2D eigenvalue weighted by molar-refractivity contribution is 0.337. The Hall–Kier alpha value is -0.580. The van der Waals surface area contributed by atoms with E-state index in [0.29, 0.717) is 12.0 Å². The highest BCUT2D eigenvalue weighted by atomic mass is 79.9. The summed E-state index contributed by atoms with van der Waals surface area (Å²) in [5.74, 6) is 7.59. The second kappa shape index (κ2) is 5.81. The van der Waals surface area contributed by atoms with E-state index < -0.39 is 0 Å². The van der Waals surface area contributed by atoms with E-state index in [4.69, 9.17) is 10.6 Å². The predicted octanol–water partition coefficient (Wildman–Crippen LogP) is 2.95. The van der Waals surface area contributed by atoms with Crippen LogP contribution in [0, 0.1) is 5.92 Å². The topological polar surface area (TPSA) is 47.3 Å². The van der Waals surface area contributed by atoms with E-state index in [1.54, 1.807) is 0 Å². The quantitative estimate of drug-likeness (QED) is 0.661. The third kappa shape index (κ3) is 2.81. The van der Waals surface area contributed by atoms with Crippen molar-refractivity contribution in [2.75, 3.05) is 6.61 Å². The molecule has 3 N–H and O–H groups in total. The van der Waals surface area contributed by atoms with Crippen molar-refractivity contribution in [3.8, 4) is 5.75 Å². The van der Waals surface area contributed by atoms with Gasteiger partial charge in [-0.05, 0) is 48.4 Å². The minimum Gasteiger partial charge on any atom is -0.493 e. The third-order valence-electron chi connectivity index (χ3n) is 4.45. The Labute approximate surface area is 123 Å². The van der Waals surface area contributed by atoms with Gasteiger partial charge in [0.2, 0.25) is 0 Å². The number of nitrogens with one attached hydrogen (secondary N) is 1. The average molecular weight is 325 g/mol. The lowest BCUT2D eigenvalue weighted by Crippen LogP contribution is -2.41. The van der Waals surface area contributed by atoms with E-state index in [2.05, 4.69) is 33.5 Å². The fraction of sp³-hybridized carbons (Fsp3) is 0.600. The highest BCUT2D eigenvalue weighted by Crippen LogP contribution is 2.36. The molecule has 1 fully saturated rings. The molecule has 1 aliphatic heterocycles. The van der Waals surface area contributed by atoms with Crippen molar-refractivity contribution in [2.24, 2.45) is 11.8 Å². The van der Waals surface area contributed by atoms with Gasteiger partial charge >= 0.3 is 0 Å². The summed E-state index contributed by atoms with van der Waals surface area (Å²) in [7, 11) is 0. The minimum atomic E-state index is 0.366. The fourth-order valence-corrected chi connectivity index (χ4v) is 4.01. The second-order valence-corrected chi connectivity index (χ2v) is 6.59. The lowest BCUT2D eigenvalue weighted by atomic mass is 9.91. The van der Waals surface area contributed by atoms with Gasteiger partial charge in [-0.3, -0.25) is 11.3 Å². The zero-order valence-electron chi connectivity index (χ0n) is 11.1. The Morgan fingerprint density at radius 1 is 1.37 bits per heavy atom. The Balaban J connectivity index is 1.81. The van der Waals surface area contributed by atoms with Crippen molar-refractivity contribution in [1.29, 1.82) is 0 Å². The van der Waals surface area contributed by atoms with E-state index >= 15 is 0 Å². The lowest BCUT2D eigenvalue weighted by Gasteiger charge is -2.23. The second-order valence-electron chi connectivity index (χ2n) is 5.67. The Morgan fingerprint density at radius 3 is 2.89 bits per heavy atom. The molecule has 0 saturated heterocycles. The zero-order valence-corrected chi connectivity index (χ0v) is 12.7. The first kappa shape index (κ1) is 13.4. The maximum Gasteiger partial charge on any atom is 0.125 e. The first-order valence-corrected chi connectivity index (χ1v) is 7.97. The van der Waals surface area contributed by atoms with Crippen LogP contribution in [0.3, 0.4) is 0 Å². The normalized spacial score (nSPS) is 20.3. The monoisotopic (exact) mass is 324 g/mol. The zero-order chi connectivity index (χ0) is 13.2. The summed E-state index contributed by atoms with van der Waals surface area (Å²) in [6.45, 7) is 0.808. The van der Waals surface area contributed by atoms with Crippen LogP contribution >= 0.6 is 15.9 Å². The molecule has 2 aliphatic rings. The number of halogens is 1. The number of nitrogens with two attached hydrogens (primary N) is 1. The number of hydrogen-bond acceptors (Lipinski definition) is 3. The van der Waals surface area contributed by atoms with Gasteiger partial charge in [0.15, 0.2) is 0 Å². The number of ether oxygens (including phenoxy) is 1. The van der Waals surface area contributed by atoms with Crippen LogP contribution in [0.5, 0.6) is 5.75 Å². The summed E-state index contributed by atoms with van der Waals surface area (Å²) in [4.78, 5) is 0. The van der Waals surface area contributed by atoms with Crippen LogP contribution in [0.25, 0.3) is 0 Å². The van der Waals surface area contributed by atoms with Gasteiger partial charge in [0.1, 0.15) is 5.75 Å². The van der Waals surface area contributed by atoms with E-state index in [9.17, 15) is 0 Å². The minimum absolute atomic E-state index is 0.366. The molecule has 0 radical (unpaired) electrons. The number of hydrogen-bond donors (Lipinski definition) is 2. The van der Waals surface area contributed by atoms with Crippen LogP contribution in [-0.4, -0.2) is 12.6 Å². The van der Waals surface area contributed by atoms with Crippen molar-refractivity contribution in [3.63, 3.8) is 0 Å². The van der Waals surface area contributed by atoms with Crippen LogP contribution in [0.4, 0.5) is 0 Å². The Kier molecular flexibility index (Phi) is 4.10. The Bertz CT molecular complexity index is 458. The summed E-state index contributed by atoms with van der Waals surface area (Å²) < 4.78 is 6.95. The largest absolute Gasteiger partial charge is 0.493 e. The van der Waals surface area contributed by atoms with Gasteiger partial charge in [0.05, 0.1) is 6.61 Å². The van der Waals surface area contributed by atoms with Gasteiger partial charge in [0, 0.05) is 16.9 Å². The maximum atomic E-state index is 5.80. The number of fused-ring (bicyclic) bond motifs is 1. The van der Waals surface area contributed by atoms with Crippen molar-refractivity contribution in [2.45, 2.75) is 44.6 Å². The highest BCUT2D eigenvalue weighted by molar-refractivity contribution is 9.10. The Morgan fingerprint density at radius 2 is 2.16 bits per heavy atom. The molecule has 1 heterocycles. The van der Waals surface area contributed by atoms with Crippen molar-refractivity contribution < 1.29 is 4.74 Å². The summed E-state index contributed by atoms with van der Waals surface area (Å²) in [5.41, 5.74) is 5.65. The standard InChI is InChI=1S/C15H21BrN2O/c16-13-7-11-5-6-19-15(11)12(8-13)9-14(18-17)10-3-1-2-4-10/h7-8,10,14,18H,1-6,9,17H2. The average Bonchev–Trinajstić information content (AvgIpc) is 3.05. The molecule has 1 unspecified atom stereocenters. The number of hydrazine groups is 1. The van der Waals surface area contributed by atoms with Crippen molar-refractivity contribution in [1.82, 2.24) is 5.43 Å². The van der Waals surface area contributed by atoms with Crippen LogP contribution < -0.4 is 16.0 Å². The number of rotatable bonds is 4. The molecule has 0 amide bonds. The van der Waals surface area contributed by atoms with Crippen molar-refractivity contribution in [3.05, 3.63) is 27.7 Å². The first-order valence-electron chi connectivity index (χ1n) is 7.18. The van der Waals surface area contributed by atoms with Crippen LogP contribution in [0.2, 0.25) is 0 Å². The molecular formula is C15H21BrN2O. The molecule has 1 aliphatic carbocycles. The summed E-state index contributed by atoms with van der Waals surface area (Å²) in [5, 5.41) is 0. The van der Waals surface area contributed by atoms with E-state index in [1.165, 1.54) is 36.8 Å². The molecule has 1 aromatic rings. The molecule has 3 rings (SSSR count). The SMILES string of the molecule is NNC(Cc1cc(Br)cc2c1OCC2)C1CCCC1. The highest BCUT2D eigenvalue weighted by Gasteiger charge is 2.26. The van der Waals surface area contributed by atoms with Gasteiger partial charge in [-0.1, -0.05) is 28.8 Å².